The number of Topliss-reactive ketones (excluding diaryl/α,β-unsaturated/α-hetero) is 3. The number of aliphatic hydroxyl groups is 1. The van der Waals surface area contributed by atoms with Gasteiger partial charge in [-0.05, 0) is 97.9 Å². The van der Waals surface area contributed by atoms with Gasteiger partial charge in [0.1, 0.15) is 42.3 Å². The molecule has 16 N–H and O–H groups in total. The number of aromatic amines is 1. The highest BCUT2D eigenvalue weighted by Crippen LogP contribution is 2.33. The number of nitrogens with zero attached hydrogens (tertiary/aromatic N) is 9. The molecule has 1 aliphatic carbocycles. The first-order chi connectivity index (χ1) is 64.7. The molecular weight excluding hydrogens is 1820 g/mol. The molecule has 6 aromatic rings. The number of aromatic nitrogens is 7. The fraction of sp³-hybridized carbons (Fsp3) is 0.543. The van der Waals surface area contributed by atoms with Crippen molar-refractivity contribution in [1.29, 1.82) is 0 Å². The Morgan fingerprint density at radius 3 is 1.76 bits per heavy atom. The van der Waals surface area contributed by atoms with Crippen LogP contribution in [0.1, 0.15) is 164 Å². The van der Waals surface area contributed by atoms with Crippen molar-refractivity contribution < 1.29 is 96.5 Å². The van der Waals surface area contributed by atoms with Gasteiger partial charge in [-0.1, -0.05) is 83.2 Å². The number of H-pyrrole nitrogens is 1. The molecule has 14 atom stereocenters. The fourth-order valence-electron chi connectivity index (χ4n) is 16.6. The number of nitrogens with two attached hydrogens (primary N) is 2. The van der Waals surface area contributed by atoms with E-state index in [4.69, 9.17) is 36.4 Å². The van der Waals surface area contributed by atoms with Crippen LogP contribution in [0.15, 0.2) is 79.0 Å². The Morgan fingerprint density at radius 2 is 1.18 bits per heavy atom. The third-order valence-electron chi connectivity index (χ3n) is 24.1. The van der Waals surface area contributed by atoms with E-state index in [1.165, 1.54) is 61.1 Å². The zero-order valence-electron chi connectivity index (χ0n) is 78.3. The summed E-state index contributed by atoms with van der Waals surface area (Å²) >= 11 is 3.76. The van der Waals surface area contributed by atoms with Crippen LogP contribution >= 0.6 is 35.3 Å². The summed E-state index contributed by atoms with van der Waals surface area (Å²) in [7, 11) is 6.76. The number of rotatable bonds is 19. The zero-order chi connectivity index (χ0) is 99.5. The lowest BCUT2D eigenvalue weighted by molar-refractivity contribution is -0.192. The Kier molecular flexibility index (Phi) is 40.4. The number of amides is 12. The molecule has 0 spiro atoms. The number of primary amides is 1. The number of hydrogen-bond donors (Lipinski definition) is 14. The molecule has 10 rings (SSSR count). The van der Waals surface area contributed by atoms with Crippen LogP contribution in [0.5, 0.6) is 0 Å². The molecule has 1 saturated heterocycles. The number of carboxylic acids is 1. The van der Waals surface area contributed by atoms with Crippen molar-refractivity contribution >= 4 is 152 Å². The minimum atomic E-state index is -1.80. The number of hydrogen-bond acceptors (Lipinski definition) is 27. The minimum Gasteiger partial charge on any atom is -0.481 e. The average molecular weight is 1940 g/mol. The van der Waals surface area contributed by atoms with Crippen LogP contribution in [0.2, 0.25) is 0 Å². The van der Waals surface area contributed by atoms with Gasteiger partial charge in [0, 0.05) is 157 Å². The van der Waals surface area contributed by atoms with Crippen molar-refractivity contribution in [2.45, 2.75) is 229 Å². The van der Waals surface area contributed by atoms with Crippen molar-refractivity contribution in [3.8, 4) is 0 Å². The molecule has 44 heteroatoms. The molecule has 1 fully saturated rings. The molecule has 0 saturated carbocycles. The predicted molar refractivity (Wildman–Crippen MR) is 503 cm³/mol. The highest BCUT2D eigenvalue weighted by molar-refractivity contribution is 7.99. The molecule has 4 aromatic heterocycles. The van der Waals surface area contributed by atoms with Gasteiger partial charge in [0.05, 0.1) is 83.2 Å². The molecule has 4 aliphatic rings. The van der Waals surface area contributed by atoms with Crippen LogP contribution in [0.4, 0.5) is 0 Å². The highest BCUT2D eigenvalue weighted by Gasteiger charge is 2.43. The number of carbonyl (C=O) groups is 16. The van der Waals surface area contributed by atoms with Gasteiger partial charge in [-0.25, -0.2) is 0 Å². The van der Waals surface area contributed by atoms with Gasteiger partial charge in [0.2, 0.25) is 70.9 Å². The predicted octanol–water partition coefficient (Wildman–Crippen LogP) is 0.731. The average Bonchev–Trinajstić information content (AvgIpc) is 1.69. The van der Waals surface area contributed by atoms with Crippen molar-refractivity contribution in [3.05, 3.63) is 130 Å². The first-order valence-corrected chi connectivity index (χ1v) is 48.7. The van der Waals surface area contributed by atoms with Crippen LogP contribution in [-0.4, -0.2) is 270 Å². The lowest BCUT2D eigenvalue weighted by atomic mass is 9.95. The lowest BCUT2D eigenvalue weighted by Crippen LogP contribution is -2.59. The summed E-state index contributed by atoms with van der Waals surface area (Å²) in [6.07, 6.45) is -0.552. The lowest BCUT2D eigenvalue weighted by Gasteiger charge is -2.32. The third kappa shape index (κ3) is 30.4. The Hall–Kier alpha value is -12.2. The Balaban J connectivity index is 0.00000682. The normalized spacial score (nSPS) is 23.5. The zero-order valence-corrected chi connectivity index (χ0v) is 80.7. The molecular formula is C92H125N21O20S3. The van der Waals surface area contributed by atoms with Crippen LogP contribution in [0.3, 0.4) is 0 Å². The van der Waals surface area contributed by atoms with Gasteiger partial charge >= 0.3 is 12.1 Å². The van der Waals surface area contributed by atoms with E-state index in [9.17, 15) is 72.5 Å². The summed E-state index contributed by atoms with van der Waals surface area (Å²) in [6.45, 7) is 11.4. The van der Waals surface area contributed by atoms with Gasteiger partial charge in [0.15, 0.2) is 17.3 Å². The van der Waals surface area contributed by atoms with Crippen LogP contribution < -0.4 is 59.3 Å². The number of carboxylic acid groups (broad SMARTS) is 1. The molecule has 3 aliphatic heterocycles. The van der Waals surface area contributed by atoms with E-state index < -0.39 is 223 Å². The molecule has 2 aromatic carbocycles. The van der Waals surface area contributed by atoms with Gasteiger partial charge in [-0.2, -0.15) is 60.2 Å². The maximum atomic E-state index is 15.6. The summed E-state index contributed by atoms with van der Waals surface area (Å²) in [6, 6.07) is 6.18. The van der Waals surface area contributed by atoms with Crippen molar-refractivity contribution in [2.75, 3.05) is 43.9 Å². The minimum absolute atomic E-state index is 0.00617. The molecule has 41 nitrogen and oxygen atoms in total. The second-order valence-corrected chi connectivity index (χ2v) is 38.4. The summed E-state index contributed by atoms with van der Waals surface area (Å²) in [5.74, 6) is -16.6. The quantitative estimate of drug-likeness (QED) is 0.0531. The van der Waals surface area contributed by atoms with Gasteiger partial charge in [-0.15, -0.1) is 0 Å². The first kappa shape index (κ1) is 107. The van der Waals surface area contributed by atoms with Crippen molar-refractivity contribution in [2.24, 2.45) is 56.3 Å². The molecule has 1 unspecified atom stereocenters. The number of aliphatic hydroxyl groups excluding tert-OH is 1. The second kappa shape index (κ2) is 51.1. The standard InChI is InChI=1S/C91H125N21O18S3.CO2/c1-12-66-75(116)33-57-44-132-46-59-35-62(109(10)105-59)40-111(39-61-34-58(104-108(61)9)45-131-43-56(85(124)103-82(52(7)113)90(129)97-66)32-74(115)51(6)95-77(118)42-107(8)78(119)27-28-92)41-63-36-60(106-110(63)11)47-133-48-71(83(93)122)100-88(127)72-22-17-29-112(72)91(130)81(50(4)5)102-86(125)69(31-55-38-94-67-21-16-15-20-65(55)67)96-76(117)26-25-73(114)68(37-79(120)121)98-89(128)80(49(2)3)101-87(126)70(99-84(57)123)30-54-24-23-53-18-13-14-19-64(53)54;2-1-3/h13-16,18-21,24,34-36,38,49-52,56-57,66,68-72,80-82,94,113H,12,17,22-23,25-33,37,39-48,92H2,1-11H3,(H2,93,122)(H,95,118)(H,96,117)(H,97,129)(H,98,128)(H,99,123)(H,100,127)(H,101,126)(H,102,125)(H,103,124)(H,120,121);/t51-,52+,56-,57-,66-,68-,69-,70-,71-,72-,80-,81-,82-;/m0./s1. The number of aryl methyl sites for hydroxylation is 3. The van der Waals surface area contributed by atoms with Gasteiger partial charge < -0.3 is 84.3 Å². The molecule has 12 amide bonds. The molecule has 136 heavy (non-hydrogen) atoms. The number of nitrogens with one attached hydrogen (secondary N) is 10. The number of likely N-dealkylation sites (N-methyl/N-ethyl adjacent to an activating group) is 1. The maximum absolute atomic E-state index is 15.6. The first-order valence-electron chi connectivity index (χ1n) is 45.2. The number of allylic oxidation sites excluding steroid dienone is 1. The van der Waals surface area contributed by atoms with Crippen molar-refractivity contribution in [3.63, 3.8) is 0 Å². The number of thioether (sulfide) groups is 3. The molecule has 736 valence electrons. The van der Waals surface area contributed by atoms with E-state index in [0.717, 1.165) is 33.1 Å². The van der Waals surface area contributed by atoms with E-state index in [1.54, 1.807) is 88.1 Å². The molecule has 7 heterocycles. The SMILES string of the molecule is CC[C@@H]1NC(=O)[C@H]([C@@H](C)O)NC(=O)[C@@H](CC(=O)[C@H](C)NC(=O)CN(C)C(=O)CCN)CSCc2cc(n(C)n2)CN2Cc3cc(nn3C)CSC[C@H](CC1=O)C(=O)N[C@@H](CC1=CCc3ccccc31)C(=O)N[C@@H](C(C)C)C(=O)N[C@@H](CC(=O)O)C(=O)CCC(=O)N[C@@H](Cc1c[nH]c3ccccc13)C(=O)N[C@@H](C(C)C)C(=O)N1CCC[C@H]1C(=O)N[C@H](C(N)=O)CSCc1cc(n(C)n1)C2.O=C=O. The third-order valence-corrected chi connectivity index (χ3v) is 27.5. The molecule has 0 radical (unpaired) electrons. The summed E-state index contributed by atoms with van der Waals surface area (Å²) in [4.78, 5) is 254. The maximum Gasteiger partial charge on any atom is 0.373 e. The van der Waals surface area contributed by atoms with Gasteiger partial charge in [0.25, 0.3) is 0 Å². The second-order valence-electron chi connectivity index (χ2n) is 35.3. The summed E-state index contributed by atoms with van der Waals surface area (Å²) in [5.41, 5.74) is 19.2. The fourth-order valence-corrected chi connectivity index (χ4v) is 19.6. The Bertz CT molecular complexity index is 5410. The number of aliphatic carboxylic acids is 1. The number of carbonyl (C=O) groups excluding carboxylic acids is 17. The smallest absolute Gasteiger partial charge is 0.373 e. The van der Waals surface area contributed by atoms with E-state index >= 15 is 14.4 Å². The highest BCUT2D eigenvalue weighted by atomic mass is 32.2. The number of para-hydroxylation sites is 1. The van der Waals surface area contributed by atoms with Crippen molar-refractivity contribution in [1.82, 2.24) is 96.9 Å². The van der Waals surface area contributed by atoms with Crippen LogP contribution in [0, 0.1) is 23.7 Å². The summed E-state index contributed by atoms with van der Waals surface area (Å²) < 4.78 is 5.17. The number of ketones is 3. The van der Waals surface area contributed by atoms with Gasteiger partial charge in [-0.3, -0.25) is 95.7 Å². The topological polar surface area (TPSA) is 587 Å². The number of benzene rings is 2. The Labute approximate surface area is 800 Å². The van der Waals surface area contributed by atoms with Crippen LogP contribution in [-0.2, 0) is 157 Å². The van der Waals surface area contributed by atoms with E-state index in [-0.39, 0.29) is 105 Å². The largest absolute Gasteiger partial charge is 0.481 e. The molecule has 8 bridgehead atoms. The van der Waals surface area contributed by atoms with E-state index in [1.807, 2.05) is 60.7 Å². The summed E-state index contributed by atoms with van der Waals surface area (Å²) in [5, 5.41) is 61.5. The van der Waals surface area contributed by atoms with E-state index in [0.29, 0.717) is 52.0 Å². The van der Waals surface area contributed by atoms with E-state index in [2.05, 4.69) is 57.7 Å². The monoisotopic (exact) mass is 1940 g/mol. The van der Waals surface area contributed by atoms with Crippen LogP contribution in [0.25, 0.3) is 16.5 Å². The number of fused-ring (bicyclic) bond motifs is 11. The Morgan fingerprint density at radius 1 is 0.625 bits per heavy atom.